The molecule has 3 rings (SSSR count). The van der Waals surface area contributed by atoms with Crippen molar-refractivity contribution in [2.24, 2.45) is 0 Å². The van der Waals surface area contributed by atoms with Gasteiger partial charge in [-0.3, -0.25) is 0 Å². The van der Waals surface area contributed by atoms with Gasteiger partial charge in [0.05, 0.1) is 6.33 Å². The Hall–Kier alpha value is -1.35. The predicted octanol–water partition coefficient (Wildman–Crippen LogP) is 2.62. The molecule has 3 heteroatoms. The van der Waals surface area contributed by atoms with Gasteiger partial charge >= 0.3 is 0 Å². The van der Waals surface area contributed by atoms with E-state index in [9.17, 15) is 0 Å². The average Bonchev–Trinajstić information content (AvgIpc) is 2.77. The Bertz CT molecular complexity index is 581. The third-order valence-corrected chi connectivity index (χ3v) is 9.72. The fourth-order valence-electron chi connectivity index (χ4n) is 2.82. The number of hydrogen-bond acceptors (Lipinski definition) is 1. The Kier molecular flexibility index (Phi) is 1.97. The maximum absolute atomic E-state index is 4.36. The van der Waals surface area contributed by atoms with Crippen molar-refractivity contribution in [3.05, 3.63) is 42.4 Å². The SMILES string of the molecule is CC1(C)c2ccccc2-n2cncc2[Si]1(C)C. The minimum atomic E-state index is -1.54. The molecule has 0 saturated heterocycles. The Morgan fingerprint density at radius 2 is 1.88 bits per heavy atom. The van der Waals surface area contributed by atoms with E-state index in [2.05, 4.69) is 67.0 Å². The van der Waals surface area contributed by atoms with Crippen LogP contribution in [0.15, 0.2) is 36.8 Å². The monoisotopic (exact) mass is 242 g/mol. The molecule has 1 aromatic carbocycles. The van der Waals surface area contributed by atoms with Crippen molar-refractivity contribution >= 4 is 13.4 Å². The number of imidazole rings is 1. The zero-order valence-corrected chi connectivity index (χ0v) is 11.9. The van der Waals surface area contributed by atoms with E-state index in [1.165, 1.54) is 16.6 Å². The van der Waals surface area contributed by atoms with Gasteiger partial charge in [0.25, 0.3) is 0 Å². The lowest BCUT2D eigenvalue weighted by molar-refractivity contribution is 0.702. The van der Waals surface area contributed by atoms with Crippen molar-refractivity contribution in [2.45, 2.75) is 32.0 Å². The minimum Gasteiger partial charge on any atom is -0.307 e. The van der Waals surface area contributed by atoms with Crippen LogP contribution < -0.4 is 5.32 Å². The summed E-state index contributed by atoms with van der Waals surface area (Å²) in [6.45, 7) is 9.65. The second-order valence-corrected chi connectivity index (χ2v) is 10.9. The summed E-state index contributed by atoms with van der Waals surface area (Å²) >= 11 is 0. The van der Waals surface area contributed by atoms with Crippen LogP contribution in [0.1, 0.15) is 19.4 Å². The van der Waals surface area contributed by atoms with Gasteiger partial charge in [-0.2, -0.15) is 0 Å². The van der Waals surface area contributed by atoms with Crippen molar-refractivity contribution in [3.63, 3.8) is 0 Å². The first-order valence-electron chi connectivity index (χ1n) is 6.09. The third kappa shape index (κ3) is 1.18. The highest BCUT2D eigenvalue weighted by atomic mass is 28.3. The minimum absolute atomic E-state index is 0.250. The summed E-state index contributed by atoms with van der Waals surface area (Å²) in [4.78, 5) is 4.36. The summed E-state index contributed by atoms with van der Waals surface area (Å²) in [5.41, 5.74) is 2.76. The first-order valence-corrected chi connectivity index (χ1v) is 9.09. The van der Waals surface area contributed by atoms with Crippen LogP contribution in [0, 0.1) is 0 Å². The lowest BCUT2D eigenvalue weighted by Gasteiger charge is -2.45. The molecule has 2 heterocycles. The van der Waals surface area contributed by atoms with E-state index >= 15 is 0 Å². The van der Waals surface area contributed by atoms with Crippen molar-refractivity contribution < 1.29 is 0 Å². The molecular weight excluding hydrogens is 224 g/mol. The normalized spacial score (nSPS) is 19.5. The molecule has 2 aromatic rings. The molecule has 0 spiro atoms. The van der Waals surface area contributed by atoms with Gasteiger partial charge in [-0.25, -0.2) is 4.98 Å². The molecule has 1 aliphatic rings. The van der Waals surface area contributed by atoms with E-state index in [1.807, 2.05) is 6.33 Å². The summed E-state index contributed by atoms with van der Waals surface area (Å²) < 4.78 is 2.28. The number of benzene rings is 1. The molecule has 0 radical (unpaired) electrons. The van der Waals surface area contributed by atoms with Crippen molar-refractivity contribution in [1.29, 1.82) is 0 Å². The molecule has 1 aliphatic heterocycles. The van der Waals surface area contributed by atoms with Crippen LogP contribution in [0.3, 0.4) is 0 Å². The highest BCUT2D eigenvalue weighted by Crippen LogP contribution is 2.39. The molecule has 17 heavy (non-hydrogen) atoms. The predicted molar refractivity (Wildman–Crippen MR) is 73.7 cm³/mol. The van der Waals surface area contributed by atoms with E-state index in [4.69, 9.17) is 0 Å². The van der Waals surface area contributed by atoms with Crippen molar-refractivity contribution in [1.82, 2.24) is 9.55 Å². The summed E-state index contributed by atoms with van der Waals surface area (Å²) in [5.74, 6) is 0. The average molecular weight is 242 g/mol. The number of nitrogens with zero attached hydrogens (tertiary/aromatic N) is 2. The van der Waals surface area contributed by atoms with Crippen LogP contribution in [0.2, 0.25) is 13.1 Å². The van der Waals surface area contributed by atoms with Gasteiger partial charge in [-0.15, -0.1) is 0 Å². The fraction of sp³-hybridized carbons (Fsp3) is 0.357. The lowest BCUT2D eigenvalue weighted by atomic mass is 9.99. The largest absolute Gasteiger partial charge is 0.307 e. The molecule has 0 saturated carbocycles. The van der Waals surface area contributed by atoms with Gasteiger partial charge < -0.3 is 4.57 Å². The molecule has 0 fully saturated rings. The molecule has 0 N–H and O–H groups in total. The van der Waals surface area contributed by atoms with Crippen molar-refractivity contribution in [3.8, 4) is 5.69 Å². The standard InChI is InChI=1S/C14H18N2Si/c1-14(2)11-7-5-6-8-12(11)16-10-15-9-13(16)17(14,3)4/h5-10H,1-4H3. The zero-order chi connectivity index (χ0) is 12.3. The van der Waals surface area contributed by atoms with Gasteiger partial charge in [0, 0.05) is 17.2 Å². The molecule has 0 amide bonds. The molecule has 2 nitrogen and oxygen atoms in total. The van der Waals surface area contributed by atoms with Gasteiger partial charge in [0.1, 0.15) is 8.07 Å². The highest BCUT2D eigenvalue weighted by molar-refractivity contribution is 6.92. The van der Waals surface area contributed by atoms with Crippen LogP contribution in [0.4, 0.5) is 0 Å². The van der Waals surface area contributed by atoms with E-state index < -0.39 is 8.07 Å². The topological polar surface area (TPSA) is 17.8 Å². The quantitative estimate of drug-likeness (QED) is 0.649. The molecule has 88 valence electrons. The Labute approximate surface area is 103 Å². The summed E-state index contributed by atoms with van der Waals surface area (Å²) in [6, 6.07) is 8.73. The van der Waals surface area contributed by atoms with Crippen LogP contribution in [-0.4, -0.2) is 17.6 Å². The molecular formula is C14H18N2Si. The Morgan fingerprint density at radius 1 is 1.18 bits per heavy atom. The Morgan fingerprint density at radius 3 is 2.65 bits per heavy atom. The molecule has 0 unspecified atom stereocenters. The molecule has 0 atom stereocenters. The molecule has 1 aromatic heterocycles. The molecule has 0 bridgehead atoms. The van der Waals surface area contributed by atoms with Crippen LogP contribution in [0.5, 0.6) is 0 Å². The maximum atomic E-state index is 4.36. The van der Waals surface area contributed by atoms with Gasteiger partial charge in [-0.1, -0.05) is 45.1 Å². The smallest absolute Gasteiger partial charge is 0.114 e. The lowest BCUT2D eigenvalue weighted by Crippen LogP contribution is -2.62. The highest BCUT2D eigenvalue weighted by Gasteiger charge is 2.48. The number of rotatable bonds is 0. The van der Waals surface area contributed by atoms with E-state index in [1.54, 1.807) is 0 Å². The first-order chi connectivity index (χ1) is 7.96. The van der Waals surface area contributed by atoms with Gasteiger partial charge in [0.2, 0.25) is 0 Å². The van der Waals surface area contributed by atoms with E-state index in [0.717, 1.165) is 0 Å². The fourth-order valence-corrected chi connectivity index (χ4v) is 5.52. The van der Waals surface area contributed by atoms with E-state index in [0.29, 0.717) is 0 Å². The van der Waals surface area contributed by atoms with Crippen molar-refractivity contribution in [2.75, 3.05) is 0 Å². The summed E-state index contributed by atoms with van der Waals surface area (Å²) in [5, 5.41) is 1.68. The number of para-hydroxylation sites is 1. The molecule has 0 aliphatic carbocycles. The summed E-state index contributed by atoms with van der Waals surface area (Å²) in [7, 11) is -1.54. The second kappa shape index (κ2) is 3.10. The third-order valence-electron chi connectivity index (χ3n) is 4.68. The van der Waals surface area contributed by atoms with Gasteiger partial charge in [0.15, 0.2) is 0 Å². The second-order valence-electron chi connectivity index (χ2n) is 5.92. The maximum Gasteiger partial charge on any atom is 0.114 e. The van der Waals surface area contributed by atoms with Crippen LogP contribution in [-0.2, 0) is 5.04 Å². The zero-order valence-electron chi connectivity index (χ0n) is 10.9. The number of fused-ring (bicyclic) bond motifs is 3. The first kappa shape index (κ1) is 10.8. The van der Waals surface area contributed by atoms with E-state index in [-0.39, 0.29) is 5.04 Å². The summed E-state index contributed by atoms with van der Waals surface area (Å²) in [6.07, 6.45) is 4.02. The van der Waals surface area contributed by atoms with Crippen LogP contribution >= 0.6 is 0 Å². The van der Waals surface area contributed by atoms with Gasteiger partial charge in [-0.05, 0) is 16.7 Å². The van der Waals surface area contributed by atoms with Crippen LogP contribution in [0.25, 0.3) is 5.69 Å². The number of hydrogen-bond donors (Lipinski definition) is 0. The number of aromatic nitrogens is 2. The Balaban J connectivity index is 2.42.